The van der Waals surface area contributed by atoms with Crippen molar-refractivity contribution < 1.29 is 18.7 Å². The van der Waals surface area contributed by atoms with Crippen LogP contribution in [0.4, 0.5) is 37.2 Å². The Morgan fingerprint density at radius 2 is 1.67 bits per heavy atom. The Morgan fingerprint density at radius 1 is 0.933 bits per heavy atom. The normalized spacial score (nSPS) is 12.9. The lowest BCUT2D eigenvalue weighted by molar-refractivity contribution is 0.0810. The van der Waals surface area contributed by atoms with Gasteiger partial charge in [0.15, 0.2) is 0 Å². The Labute approximate surface area is 172 Å². The summed E-state index contributed by atoms with van der Waals surface area (Å²) in [7, 11) is 0. The molecule has 0 saturated heterocycles. The lowest BCUT2D eigenvalue weighted by Gasteiger charge is -2.18. The minimum absolute atomic E-state index is 0.203. The second-order valence-electron chi connectivity index (χ2n) is 7.83. The van der Waals surface area contributed by atoms with E-state index in [0.717, 1.165) is 17.7 Å². The fraction of sp³-hybridized carbons (Fsp3) is 0.182. The van der Waals surface area contributed by atoms with Crippen LogP contribution in [-0.2, 0) is 6.42 Å². The minimum atomic E-state index is -0.930. The molecule has 0 bridgehead atoms. The number of hydrogen-bond donors (Lipinski definition) is 4. The van der Waals surface area contributed by atoms with Gasteiger partial charge >= 0.3 is 0 Å². The van der Waals surface area contributed by atoms with Gasteiger partial charge in [0.25, 0.3) is 5.91 Å². The number of carbonyl (C=O) groups excluding carboxylic acids is 1. The van der Waals surface area contributed by atoms with Crippen LogP contribution in [0.15, 0.2) is 48.5 Å². The van der Waals surface area contributed by atoms with Gasteiger partial charge in [-0.25, -0.2) is 0 Å². The summed E-state index contributed by atoms with van der Waals surface area (Å²) in [4.78, 5) is 15.8. The van der Waals surface area contributed by atoms with Crippen LogP contribution < -0.4 is 16.0 Å². The molecular formula is C22H20F2N4O2. The summed E-state index contributed by atoms with van der Waals surface area (Å²) in [6.45, 7) is 3.45. The fourth-order valence-electron chi connectivity index (χ4n) is 3.38. The van der Waals surface area contributed by atoms with Crippen LogP contribution in [-0.4, -0.2) is 21.6 Å². The van der Waals surface area contributed by atoms with E-state index < -0.39 is 17.5 Å². The molecule has 0 fully saturated rings. The van der Waals surface area contributed by atoms with Crippen LogP contribution in [0.5, 0.6) is 0 Å². The van der Waals surface area contributed by atoms with E-state index in [1.54, 1.807) is 32.0 Å². The summed E-state index contributed by atoms with van der Waals surface area (Å²) in [5.74, 6) is -2.15. The van der Waals surface area contributed by atoms with E-state index in [1.165, 1.54) is 0 Å². The molecule has 0 saturated carbocycles. The van der Waals surface area contributed by atoms with Crippen molar-refractivity contribution in [2.45, 2.75) is 25.9 Å². The maximum Gasteiger partial charge on any atom is 0.257 e. The Bertz CT molecular complexity index is 1120. The van der Waals surface area contributed by atoms with E-state index >= 15 is 0 Å². The van der Waals surface area contributed by atoms with Gasteiger partial charge in [-0.2, -0.15) is 13.8 Å². The first-order valence-corrected chi connectivity index (χ1v) is 9.34. The van der Waals surface area contributed by atoms with Crippen molar-refractivity contribution in [1.29, 1.82) is 0 Å². The zero-order valence-electron chi connectivity index (χ0n) is 16.4. The molecule has 0 radical (unpaired) electrons. The topological polar surface area (TPSA) is 86.3 Å². The highest BCUT2D eigenvalue weighted by Gasteiger charge is 2.21. The van der Waals surface area contributed by atoms with E-state index in [-0.39, 0.29) is 11.6 Å². The van der Waals surface area contributed by atoms with E-state index in [1.807, 2.05) is 18.2 Å². The van der Waals surface area contributed by atoms with E-state index in [2.05, 4.69) is 20.9 Å². The maximum atomic E-state index is 13.3. The molecule has 6 nitrogen and oxygen atoms in total. The maximum absolute atomic E-state index is 13.3. The monoisotopic (exact) mass is 410 g/mol. The standard InChI is InChI=1S/C22H20F2N4O2/c1-22(2,30)11-12-3-6-16-18(7-12)27-21(29)15-5-4-13(8-17(15)26-16)25-14-9-19(23)28-20(24)10-14/h3-10,26,30H,11H2,1-2H3,(H,25,28)(H,27,29). The Kier molecular flexibility index (Phi) is 4.87. The molecule has 4 rings (SSSR count). The number of pyridine rings is 1. The van der Waals surface area contributed by atoms with Crippen LogP contribution in [0.1, 0.15) is 29.8 Å². The smallest absolute Gasteiger partial charge is 0.257 e. The second-order valence-corrected chi connectivity index (χ2v) is 7.83. The van der Waals surface area contributed by atoms with Gasteiger partial charge in [0.1, 0.15) is 0 Å². The highest BCUT2D eigenvalue weighted by Crippen LogP contribution is 2.35. The quantitative estimate of drug-likeness (QED) is 0.468. The predicted molar refractivity (Wildman–Crippen MR) is 112 cm³/mol. The molecular weight excluding hydrogens is 390 g/mol. The van der Waals surface area contributed by atoms with Crippen LogP contribution >= 0.6 is 0 Å². The van der Waals surface area contributed by atoms with Crippen LogP contribution in [0.3, 0.4) is 0 Å². The number of benzene rings is 2. The molecule has 0 atom stereocenters. The highest BCUT2D eigenvalue weighted by molar-refractivity contribution is 6.12. The Morgan fingerprint density at radius 3 is 2.37 bits per heavy atom. The number of fused-ring (bicyclic) bond motifs is 2. The van der Waals surface area contributed by atoms with Crippen molar-refractivity contribution >= 4 is 34.3 Å². The third-order valence-corrected chi connectivity index (χ3v) is 4.55. The van der Waals surface area contributed by atoms with Gasteiger partial charge < -0.3 is 21.1 Å². The molecule has 0 aliphatic carbocycles. The molecule has 1 aliphatic heterocycles. The number of amides is 1. The summed E-state index contributed by atoms with van der Waals surface area (Å²) in [6.07, 6.45) is 0.441. The van der Waals surface area contributed by atoms with Gasteiger partial charge in [0.2, 0.25) is 11.9 Å². The van der Waals surface area contributed by atoms with Crippen LogP contribution in [0.2, 0.25) is 0 Å². The average Bonchev–Trinajstić information content (AvgIpc) is 2.74. The summed E-state index contributed by atoms with van der Waals surface area (Å²) in [6, 6.07) is 12.6. The fourth-order valence-corrected chi connectivity index (χ4v) is 3.38. The number of rotatable bonds is 4. The van der Waals surface area contributed by atoms with Crippen molar-refractivity contribution in [3.8, 4) is 0 Å². The lowest BCUT2D eigenvalue weighted by Crippen LogP contribution is -2.22. The molecule has 8 heteroatoms. The number of nitrogens with one attached hydrogen (secondary N) is 3. The first kappa shape index (κ1) is 19.8. The van der Waals surface area contributed by atoms with Crippen molar-refractivity contribution in [3.63, 3.8) is 0 Å². The number of anilines is 5. The number of aromatic nitrogens is 1. The molecule has 1 aromatic heterocycles. The molecule has 3 aromatic rings. The zero-order valence-corrected chi connectivity index (χ0v) is 16.4. The van der Waals surface area contributed by atoms with E-state index in [4.69, 9.17) is 0 Å². The third-order valence-electron chi connectivity index (χ3n) is 4.55. The number of nitrogens with zero attached hydrogens (tertiary/aromatic N) is 1. The van der Waals surface area contributed by atoms with Crippen molar-refractivity contribution in [2.75, 3.05) is 16.0 Å². The summed E-state index contributed by atoms with van der Waals surface area (Å²) in [5, 5.41) is 19.1. The number of halogens is 2. The summed E-state index contributed by atoms with van der Waals surface area (Å²) < 4.78 is 26.7. The minimum Gasteiger partial charge on any atom is -0.390 e. The molecule has 30 heavy (non-hydrogen) atoms. The number of carbonyl (C=O) groups is 1. The van der Waals surface area contributed by atoms with Crippen LogP contribution in [0.25, 0.3) is 0 Å². The van der Waals surface area contributed by atoms with Gasteiger partial charge in [-0.05, 0) is 49.7 Å². The molecule has 0 unspecified atom stereocenters. The number of aliphatic hydroxyl groups is 1. The van der Waals surface area contributed by atoms with Crippen LogP contribution in [0, 0.1) is 11.9 Å². The SMILES string of the molecule is CC(C)(O)Cc1ccc2c(c1)NC(=O)c1ccc(Nc3cc(F)nc(F)c3)cc1N2. The first-order valence-electron chi connectivity index (χ1n) is 9.34. The average molecular weight is 410 g/mol. The van der Waals surface area contributed by atoms with Crippen molar-refractivity contribution in [2.24, 2.45) is 0 Å². The van der Waals surface area contributed by atoms with Gasteiger partial charge in [-0.3, -0.25) is 4.79 Å². The first-order chi connectivity index (χ1) is 14.2. The third kappa shape index (κ3) is 4.38. The zero-order chi connectivity index (χ0) is 21.5. The molecule has 1 aliphatic rings. The summed E-state index contributed by atoms with van der Waals surface area (Å²) in [5.41, 5.74) is 3.03. The predicted octanol–water partition coefficient (Wildman–Crippen LogP) is 4.73. The molecule has 1 amide bonds. The van der Waals surface area contributed by atoms with E-state index in [9.17, 15) is 18.7 Å². The summed E-state index contributed by atoms with van der Waals surface area (Å²) >= 11 is 0. The van der Waals surface area contributed by atoms with Gasteiger partial charge in [-0.15, -0.1) is 0 Å². The van der Waals surface area contributed by atoms with Crippen molar-refractivity contribution in [1.82, 2.24) is 4.98 Å². The largest absolute Gasteiger partial charge is 0.390 e. The van der Waals surface area contributed by atoms with E-state index in [0.29, 0.717) is 34.7 Å². The Hall–Kier alpha value is -3.52. The molecule has 2 aromatic carbocycles. The molecule has 2 heterocycles. The lowest BCUT2D eigenvalue weighted by atomic mass is 9.98. The van der Waals surface area contributed by atoms with Gasteiger partial charge in [-0.1, -0.05) is 6.07 Å². The second kappa shape index (κ2) is 7.38. The molecule has 154 valence electrons. The van der Waals surface area contributed by atoms with Gasteiger partial charge in [0.05, 0.1) is 28.2 Å². The molecule has 0 spiro atoms. The molecule has 4 N–H and O–H groups in total. The van der Waals surface area contributed by atoms with Gasteiger partial charge in [0, 0.05) is 29.9 Å². The van der Waals surface area contributed by atoms with Crippen molar-refractivity contribution in [3.05, 3.63) is 71.6 Å². The number of hydrogen-bond acceptors (Lipinski definition) is 5. The highest BCUT2D eigenvalue weighted by atomic mass is 19.1. The Balaban J connectivity index is 1.64.